The molecule has 0 aliphatic rings. The fraction of sp³-hybridized carbons (Fsp3) is 0.231. The molecule has 100 valence electrons. The lowest BCUT2D eigenvalue weighted by molar-refractivity contribution is 0.0696. The Kier molecular flexibility index (Phi) is 3.76. The Labute approximate surface area is 114 Å². The van der Waals surface area contributed by atoms with E-state index >= 15 is 0 Å². The molecule has 0 saturated heterocycles. The number of oxazole rings is 1. The minimum atomic E-state index is -1.10. The van der Waals surface area contributed by atoms with Crippen molar-refractivity contribution in [3.63, 3.8) is 0 Å². The van der Waals surface area contributed by atoms with E-state index in [9.17, 15) is 4.79 Å². The van der Waals surface area contributed by atoms with Crippen LogP contribution in [0.3, 0.4) is 0 Å². The monoisotopic (exact) mass is 281 g/mol. The first-order valence-electron chi connectivity index (χ1n) is 5.56. The van der Waals surface area contributed by atoms with E-state index in [1.54, 1.807) is 6.07 Å². The topological polar surface area (TPSA) is 72.6 Å². The van der Waals surface area contributed by atoms with E-state index < -0.39 is 5.97 Å². The van der Waals surface area contributed by atoms with Gasteiger partial charge >= 0.3 is 5.97 Å². The van der Waals surface area contributed by atoms with Gasteiger partial charge in [0.15, 0.2) is 6.61 Å². The number of halogens is 1. The van der Waals surface area contributed by atoms with Crippen LogP contribution in [-0.4, -0.2) is 16.1 Å². The molecular formula is C13H12ClNO4. The van der Waals surface area contributed by atoms with Gasteiger partial charge in [-0.3, -0.25) is 0 Å². The molecule has 1 N–H and O–H groups in total. The van der Waals surface area contributed by atoms with Gasteiger partial charge in [0.2, 0.25) is 5.89 Å². The van der Waals surface area contributed by atoms with Crippen molar-refractivity contribution in [1.82, 2.24) is 4.98 Å². The van der Waals surface area contributed by atoms with Gasteiger partial charge in [-0.15, -0.1) is 0 Å². The molecule has 6 heteroatoms. The van der Waals surface area contributed by atoms with Gasteiger partial charge in [-0.05, 0) is 32.0 Å². The Bertz CT molecular complexity index is 602. The van der Waals surface area contributed by atoms with E-state index in [1.807, 2.05) is 13.8 Å². The minimum absolute atomic E-state index is 0.000989. The molecule has 0 aliphatic heterocycles. The number of carboxylic acid groups (broad SMARTS) is 1. The number of rotatable bonds is 4. The second-order valence-electron chi connectivity index (χ2n) is 3.98. The molecule has 1 heterocycles. The number of aromatic carboxylic acids is 1. The number of benzene rings is 1. The third-order valence-electron chi connectivity index (χ3n) is 2.60. The number of carboxylic acids is 1. The van der Waals surface area contributed by atoms with Gasteiger partial charge in [-0.1, -0.05) is 11.6 Å². The molecule has 0 spiro atoms. The summed E-state index contributed by atoms with van der Waals surface area (Å²) in [5.41, 5.74) is 0.805. The van der Waals surface area contributed by atoms with Gasteiger partial charge in [0.05, 0.1) is 16.3 Å². The van der Waals surface area contributed by atoms with Crippen LogP contribution in [0.15, 0.2) is 22.6 Å². The number of nitrogens with zero attached hydrogens (tertiary/aromatic N) is 1. The summed E-state index contributed by atoms with van der Waals surface area (Å²) in [7, 11) is 0. The van der Waals surface area contributed by atoms with E-state index in [2.05, 4.69) is 4.98 Å². The number of carbonyl (C=O) groups is 1. The quantitative estimate of drug-likeness (QED) is 0.931. The highest BCUT2D eigenvalue weighted by molar-refractivity contribution is 6.33. The maximum absolute atomic E-state index is 10.9. The lowest BCUT2D eigenvalue weighted by Crippen LogP contribution is -2.00. The zero-order valence-corrected chi connectivity index (χ0v) is 11.2. The first-order chi connectivity index (χ1) is 8.97. The lowest BCUT2D eigenvalue weighted by Gasteiger charge is -2.05. The molecule has 1 aromatic heterocycles. The predicted molar refractivity (Wildman–Crippen MR) is 68.7 cm³/mol. The lowest BCUT2D eigenvalue weighted by atomic mass is 10.2. The highest BCUT2D eigenvalue weighted by Crippen LogP contribution is 2.23. The fourth-order valence-electron chi connectivity index (χ4n) is 1.50. The number of ether oxygens (including phenoxy) is 1. The smallest absolute Gasteiger partial charge is 0.337 e. The molecule has 0 unspecified atom stereocenters. The SMILES string of the molecule is Cc1nc(COc2ccc(Cl)c(C(=O)O)c2)oc1C. The number of hydrogen-bond acceptors (Lipinski definition) is 4. The van der Waals surface area contributed by atoms with E-state index in [1.165, 1.54) is 12.1 Å². The summed E-state index contributed by atoms with van der Waals surface area (Å²) in [6, 6.07) is 4.44. The molecule has 1 aromatic carbocycles. The predicted octanol–water partition coefficient (Wildman–Crippen LogP) is 3.22. The summed E-state index contributed by atoms with van der Waals surface area (Å²) < 4.78 is 10.8. The van der Waals surface area contributed by atoms with Crippen molar-refractivity contribution in [2.45, 2.75) is 20.5 Å². The third kappa shape index (κ3) is 3.06. The van der Waals surface area contributed by atoms with Crippen molar-refractivity contribution in [2.24, 2.45) is 0 Å². The third-order valence-corrected chi connectivity index (χ3v) is 2.93. The van der Waals surface area contributed by atoms with Crippen LogP contribution in [0.1, 0.15) is 27.7 Å². The molecule has 0 fully saturated rings. The standard InChI is InChI=1S/C13H12ClNO4/c1-7-8(2)19-12(15-7)6-18-9-3-4-11(14)10(5-9)13(16)17/h3-5H,6H2,1-2H3,(H,16,17). The highest BCUT2D eigenvalue weighted by atomic mass is 35.5. The van der Waals surface area contributed by atoms with Crippen LogP contribution >= 0.6 is 11.6 Å². The van der Waals surface area contributed by atoms with Crippen LogP contribution in [0, 0.1) is 13.8 Å². The first kappa shape index (κ1) is 13.4. The Hall–Kier alpha value is -2.01. The molecular weight excluding hydrogens is 270 g/mol. The molecule has 0 radical (unpaired) electrons. The molecule has 0 atom stereocenters. The fourth-order valence-corrected chi connectivity index (χ4v) is 1.70. The van der Waals surface area contributed by atoms with Crippen molar-refractivity contribution in [1.29, 1.82) is 0 Å². The molecule has 0 amide bonds. The molecule has 19 heavy (non-hydrogen) atoms. The molecule has 2 rings (SSSR count). The van der Waals surface area contributed by atoms with Crippen molar-refractivity contribution >= 4 is 17.6 Å². The van der Waals surface area contributed by atoms with Gasteiger partial charge in [-0.25, -0.2) is 9.78 Å². The van der Waals surface area contributed by atoms with Crippen molar-refractivity contribution < 1.29 is 19.1 Å². The van der Waals surface area contributed by atoms with Gasteiger partial charge in [0.25, 0.3) is 0 Å². The van der Waals surface area contributed by atoms with Crippen LogP contribution in [0.5, 0.6) is 5.75 Å². The average molecular weight is 282 g/mol. The summed E-state index contributed by atoms with van der Waals surface area (Å²) in [6.45, 7) is 3.79. The largest absolute Gasteiger partial charge is 0.484 e. The summed E-state index contributed by atoms with van der Waals surface area (Å²) in [4.78, 5) is 15.1. The summed E-state index contributed by atoms with van der Waals surface area (Å²) in [6.07, 6.45) is 0. The second-order valence-corrected chi connectivity index (χ2v) is 4.39. The van der Waals surface area contributed by atoms with Crippen LogP contribution < -0.4 is 4.74 Å². The summed E-state index contributed by atoms with van der Waals surface area (Å²) >= 11 is 5.77. The van der Waals surface area contributed by atoms with Gasteiger partial charge < -0.3 is 14.3 Å². The zero-order chi connectivity index (χ0) is 14.0. The van der Waals surface area contributed by atoms with Crippen molar-refractivity contribution in [3.8, 4) is 5.75 Å². The molecule has 2 aromatic rings. The number of hydrogen-bond donors (Lipinski definition) is 1. The first-order valence-corrected chi connectivity index (χ1v) is 5.93. The number of aromatic nitrogens is 1. The summed E-state index contributed by atoms with van der Waals surface area (Å²) in [5.74, 6) is 0.483. The summed E-state index contributed by atoms with van der Waals surface area (Å²) in [5, 5.41) is 9.11. The molecule has 0 bridgehead atoms. The van der Waals surface area contributed by atoms with Gasteiger partial charge in [0.1, 0.15) is 11.5 Å². The highest BCUT2D eigenvalue weighted by Gasteiger charge is 2.11. The number of aryl methyl sites for hydroxylation is 2. The molecule has 0 saturated carbocycles. The van der Waals surface area contributed by atoms with Crippen LogP contribution in [0.25, 0.3) is 0 Å². The Morgan fingerprint density at radius 1 is 1.47 bits per heavy atom. The van der Waals surface area contributed by atoms with Crippen LogP contribution in [-0.2, 0) is 6.61 Å². The van der Waals surface area contributed by atoms with Crippen LogP contribution in [0.4, 0.5) is 0 Å². The van der Waals surface area contributed by atoms with E-state index in [0.29, 0.717) is 11.6 Å². The van der Waals surface area contributed by atoms with Crippen molar-refractivity contribution in [3.05, 3.63) is 46.1 Å². The Morgan fingerprint density at radius 2 is 2.21 bits per heavy atom. The Balaban J connectivity index is 2.11. The van der Waals surface area contributed by atoms with Crippen molar-refractivity contribution in [2.75, 3.05) is 0 Å². The van der Waals surface area contributed by atoms with E-state index in [4.69, 9.17) is 25.9 Å². The average Bonchev–Trinajstić information content (AvgIpc) is 2.67. The van der Waals surface area contributed by atoms with Crippen LogP contribution in [0.2, 0.25) is 5.02 Å². The van der Waals surface area contributed by atoms with Gasteiger partial charge in [-0.2, -0.15) is 0 Å². The zero-order valence-electron chi connectivity index (χ0n) is 10.4. The van der Waals surface area contributed by atoms with E-state index in [0.717, 1.165) is 11.5 Å². The maximum atomic E-state index is 10.9. The maximum Gasteiger partial charge on any atom is 0.337 e. The Morgan fingerprint density at radius 3 is 2.79 bits per heavy atom. The molecule has 0 aliphatic carbocycles. The van der Waals surface area contributed by atoms with E-state index in [-0.39, 0.29) is 17.2 Å². The van der Waals surface area contributed by atoms with Gasteiger partial charge in [0, 0.05) is 0 Å². The molecule has 5 nitrogen and oxygen atoms in total. The second kappa shape index (κ2) is 5.32. The minimum Gasteiger partial charge on any atom is -0.484 e. The normalized spacial score (nSPS) is 10.5.